The average Bonchev–Trinajstić information content (AvgIpc) is 3.43. The lowest BCUT2D eigenvalue weighted by molar-refractivity contribution is -0.167. The fourth-order valence-electron chi connectivity index (χ4n) is 9.40. The van der Waals surface area contributed by atoms with Crippen LogP contribution in [-0.2, 0) is 28.6 Å². The average molecular weight is 1070 g/mol. The second-order valence-corrected chi connectivity index (χ2v) is 22.0. The Balaban J connectivity index is 4.34. The van der Waals surface area contributed by atoms with Gasteiger partial charge in [-0.05, 0) is 116 Å². The minimum absolute atomic E-state index is 0.0840. The summed E-state index contributed by atoms with van der Waals surface area (Å²) in [5, 5.41) is 0. The summed E-state index contributed by atoms with van der Waals surface area (Å²) in [5.74, 6) is -0.894. The molecular weight excluding hydrogens is 949 g/mol. The minimum atomic E-state index is -0.789. The SMILES string of the molecule is CC/C=C\C/C=C\C/C=C\C/C=C\CCCCCCCCC(=O)OC(COC(=O)CCCCCCC/C=C\CCCCCCCC)COC(=O)CCCCCCCCCCCCCCC/C=C\C/C=C\CCCCCCC. The number of ether oxygens (including phenoxy) is 3. The van der Waals surface area contributed by atoms with Crippen LogP contribution in [-0.4, -0.2) is 37.2 Å². The van der Waals surface area contributed by atoms with E-state index in [1.54, 1.807) is 0 Å². The maximum atomic E-state index is 12.9. The molecule has 1 unspecified atom stereocenters. The molecule has 0 bridgehead atoms. The first kappa shape index (κ1) is 73.6. The predicted octanol–water partition coefficient (Wildman–Crippen LogP) is 22.7. The number of esters is 3. The van der Waals surface area contributed by atoms with Crippen molar-refractivity contribution in [2.45, 2.75) is 335 Å². The van der Waals surface area contributed by atoms with Gasteiger partial charge in [0.05, 0.1) is 0 Å². The van der Waals surface area contributed by atoms with E-state index in [1.165, 1.54) is 180 Å². The first-order valence-corrected chi connectivity index (χ1v) is 33.1. The lowest BCUT2D eigenvalue weighted by Crippen LogP contribution is -2.30. The third-order valence-electron chi connectivity index (χ3n) is 14.4. The number of allylic oxidation sites excluding steroid dienone is 14. The Bertz CT molecular complexity index is 1470. The van der Waals surface area contributed by atoms with Crippen LogP contribution < -0.4 is 0 Å². The lowest BCUT2D eigenvalue weighted by Gasteiger charge is -2.18. The zero-order valence-corrected chi connectivity index (χ0v) is 51.0. The van der Waals surface area contributed by atoms with Gasteiger partial charge < -0.3 is 14.2 Å². The van der Waals surface area contributed by atoms with Crippen LogP contribution in [0.5, 0.6) is 0 Å². The van der Waals surface area contributed by atoms with Crippen LogP contribution in [0.2, 0.25) is 0 Å². The molecule has 0 aromatic heterocycles. The van der Waals surface area contributed by atoms with Gasteiger partial charge in [0, 0.05) is 19.3 Å². The monoisotopic (exact) mass is 1070 g/mol. The summed E-state index contributed by atoms with van der Waals surface area (Å²) >= 11 is 0. The second kappa shape index (κ2) is 65.1. The highest BCUT2D eigenvalue weighted by Gasteiger charge is 2.19. The third-order valence-corrected chi connectivity index (χ3v) is 14.4. The highest BCUT2D eigenvalue weighted by Crippen LogP contribution is 2.16. The molecule has 0 aliphatic rings. The van der Waals surface area contributed by atoms with Crippen LogP contribution in [0.15, 0.2) is 85.1 Å². The van der Waals surface area contributed by atoms with E-state index >= 15 is 0 Å². The molecule has 0 aliphatic carbocycles. The van der Waals surface area contributed by atoms with Crippen LogP contribution in [0.4, 0.5) is 0 Å². The molecule has 0 saturated carbocycles. The van der Waals surface area contributed by atoms with E-state index in [2.05, 4.69) is 106 Å². The Morgan fingerprint density at radius 1 is 0.273 bits per heavy atom. The Hall–Kier alpha value is -3.41. The van der Waals surface area contributed by atoms with E-state index in [0.29, 0.717) is 19.3 Å². The van der Waals surface area contributed by atoms with Gasteiger partial charge in [-0.25, -0.2) is 0 Å². The van der Waals surface area contributed by atoms with Crippen LogP contribution in [0, 0.1) is 0 Å². The summed E-state index contributed by atoms with van der Waals surface area (Å²) in [4.78, 5) is 38.4. The summed E-state index contributed by atoms with van der Waals surface area (Å²) in [6.45, 7) is 6.53. The van der Waals surface area contributed by atoms with E-state index in [-0.39, 0.29) is 31.1 Å². The predicted molar refractivity (Wildman–Crippen MR) is 334 cm³/mol. The van der Waals surface area contributed by atoms with Crippen molar-refractivity contribution in [3.8, 4) is 0 Å². The summed E-state index contributed by atoms with van der Waals surface area (Å²) in [5.41, 5.74) is 0. The summed E-state index contributed by atoms with van der Waals surface area (Å²) in [6.07, 6.45) is 85.9. The van der Waals surface area contributed by atoms with Gasteiger partial charge in [-0.1, -0.05) is 279 Å². The molecule has 0 rings (SSSR count). The van der Waals surface area contributed by atoms with Gasteiger partial charge in [-0.2, -0.15) is 0 Å². The van der Waals surface area contributed by atoms with Gasteiger partial charge in [0.1, 0.15) is 13.2 Å². The minimum Gasteiger partial charge on any atom is -0.462 e. The Morgan fingerprint density at radius 3 is 0.805 bits per heavy atom. The second-order valence-electron chi connectivity index (χ2n) is 22.0. The molecule has 0 saturated heterocycles. The van der Waals surface area contributed by atoms with Gasteiger partial charge in [-0.3, -0.25) is 14.4 Å². The fraction of sp³-hybridized carbons (Fsp3) is 0.761. The number of rotatable bonds is 60. The van der Waals surface area contributed by atoms with Crippen molar-refractivity contribution < 1.29 is 28.6 Å². The largest absolute Gasteiger partial charge is 0.462 e. The molecule has 0 spiro atoms. The van der Waals surface area contributed by atoms with Gasteiger partial charge in [-0.15, -0.1) is 0 Å². The Labute approximate surface area is 477 Å². The third kappa shape index (κ3) is 63.3. The van der Waals surface area contributed by atoms with Crippen molar-refractivity contribution in [2.75, 3.05) is 13.2 Å². The van der Waals surface area contributed by atoms with Gasteiger partial charge in [0.25, 0.3) is 0 Å². The van der Waals surface area contributed by atoms with E-state index in [4.69, 9.17) is 14.2 Å². The van der Waals surface area contributed by atoms with Crippen LogP contribution in [0.25, 0.3) is 0 Å². The number of hydrogen-bond acceptors (Lipinski definition) is 6. The van der Waals surface area contributed by atoms with Gasteiger partial charge >= 0.3 is 17.9 Å². The molecule has 6 nitrogen and oxygen atoms in total. The quantitative estimate of drug-likeness (QED) is 0.0261. The molecule has 0 aromatic carbocycles. The molecule has 0 aromatic rings. The van der Waals surface area contributed by atoms with E-state index in [1.807, 2.05) is 0 Å². The van der Waals surface area contributed by atoms with Gasteiger partial charge in [0.2, 0.25) is 0 Å². The number of unbranched alkanes of at least 4 members (excludes halogenated alkanes) is 35. The molecule has 6 heteroatoms. The number of hydrogen-bond donors (Lipinski definition) is 0. The maximum absolute atomic E-state index is 12.9. The van der Waals surface area contributed by atoms with Crippen LogP contribution in [0.3, 0.4) is 0 Å². The Morgan fingerprint density at radius 2 is 0.506 bits per heavy atom. The number of carbonyl (C=O) groups is 3. The molecular formula is C71H124O6. The first-order chi connectivity index (χ1) is 38.0. The van der Waals surface area contributed by atoms with Gasteiger partial charge in [0.15, 0.2) is 6.10 Å². The Kier molecular flexibility index (Phi) is 62.2. The highest BCUT2D eigenvalue weighted by molar-refractivity contribution is 5.71. The summed E-state index contributed by atoms with van der Waals surface area (Å²) < 4.78 is 16.9. The molecule has 0 amide bonds. The summed E-state index contributed by atoms with van der Waals surface area (Å²) in [6, 6.07) is 0. The van der Waals surface area contributed by atoms with Crippen molar-refractivity contribution in [2.24, 2.45) is 0 Å². The first-order valence-electron chi connectivity index (χ1n) is 33.1. The fourth-order valence-corrected chi connectivity index (χ4v) is 9.40. The van der Waals surface area contributed by atoms with Crippen molar-refractivity contribution in [3.05, 3.63) is 85.1 Å². The molecule has 1 atom stereocenters. The van der Waals surface area contributed by atoms with Crippen molar-refractivity contribution in [1.29, 1.82) is 0 Å². The smallest absolute Gasteiger partial charge is 0.306 e. The van der Waals surface area contributed by atoms with Crippen LogP contribution in [0.1, 0.15) is 329 Å². The molecule has 444 valence electrons. The lowest BCUT2D eigenvalue weighted by atomic mass is 10.0. The van der Waals surface area contributed by atoms with Crippen LogP contribution >= 0.6 is 0 Å². The van der Waals surface area contributed by atoms with E-state index in [0.717, 1.165) is 109 Å². The zero-order valence-electron chi connectivity index (χ0n) is 51.0. The van der Waals surface area contributed by atoms with Crippen molar-refractivity contribution >= 4 is 17.9 Å². The number of carbonyl (C=O) groups excluding carboxylic acids is 3. The standard InChI is InChI=1S/C71H124O6/c1-4-7-10-13-16-19-22-25-28-30-32-33-34-35-36-37-39-40-43-46-49-52-55-58-61-64-70(73)76-67-68(66-75-69(72)63-60-57-54-51-48-45-42-27-24-21-18-15-12-9-6-3)77-71(74)65-62-59-56-53-50-47-44-41-38-31-29-26-23-20-17-14-11-8-5-2/h8,11,17,20,22,25-27,29-30,32,38,41-42,68H,4-7,9-10,12-16,18-19,21,23-24,28,31,33-37,39-40,43-67H2,1-3H3/b11-8-,20-17-,25-22-,29-26-,32-30-,41-38-,42-27-. The van der Waals surface area contributed by atoms with E-state index < -0.39 is 6.10 Å². The summed E-state index contributed by atoms with van der Waals surface area (Å²) in [7, 11) is 0. The molecule has 0 heterocycles. The highest BCUT2D eigenvalue weighted by atomic mass is 16.6. The molecule has 0 radical (unpaired) electrons. The van der Waals surface area contributed by atoms with Crippen molar-refractivity contribution in [3.63, 3.8) is 0 Å². The van der Waals surface area contributed by atoms with Crippen molar-refractivity contribution in [1.82, 2.24) is 0 Å². The topological polar surface area (TPSA) is 78.9 Å². The molecule has 77 heavy (non-hydrogen) atoms. The zero-order chi connectivity index (χ0) is 55.7. The normalized spacial score (nSPS) is 12.6. The molecule has 0 aliphatic heterocycles. The van der Waals surface area contributed by atoms with E-state index in [9.17, 15) is 14.4 Å². The molecule has 0 N–H and O–H groups in total. The maximum Gasteiger partial charge on any atom is 0.306 e. The molecule has 0 fully saturated rings.